The Kier molecular flexibility index (Phi) is 13.2. The summed E-state index contributed by atoms with van der Waals surface area (Å²) in [7, 11) is 6.83. The van der Waals surface area contributed by atoms with Crippen molar-refractivity contribution in [2.45, 2.75) is 57.0 Å². The van der Waals surface area contributed by atoms with Crippen molar-refractivity contribution < 1.29 is 9.00 Å². The maximum atomic E-state index is 11.3. The van der Waals surface area contributed by atoms with E-state index < -0.39 is 11.0 Å². The van der Waals surface area contributed by atoms with Gasteiger partial charge in [0.1, 0.15) is 17.3 Å². The standard InChI is InChI=1S/C23H32N2O.C9H14N2OS/c1-16(2)22-12-19(13-23(17(3)14-24)21(22)10-11-26)20-9-7-6-8-18(20)15-25(4)5;1-11(2)7-8-3-5-9(6-4-8)13(10)12/h6-9,11-13,16-17H,10,14-15,24H2,1-5H3;3-6H,7,10H2,1-2H3. The molecule has 0 aliphatic heterocycles. The number of rotatable bonds is 11. The molecule has 0 aliphatic rings. The molecule has 0 aromatic heterocycles. The van der Waals surface area contributed by atoms with Crippen molar-refractivity contribution in [2.24, 2.45) is 10.9 Å². The Morgan fingerprint density at radius 1 is 0.872 bits per heavy atom. The van der Waals surface area contributed by atoms with Crippen LogP contribution in [0.5, 0.6) is 0 Å². The maximum Gasteiger partial charge on any atom is 0.124 e. The fourth-order valence-corrected chi connectivity index (χ4v) is 5.05. The monoisotopic (exact) mass is 550 g/mol. The van der Waals surface area contributed by atoms with Crippen LogP contribution in [-0.4, -0.2) is 55.0 Å². The van der Waals surface area contributed by atoms with Gasteiger partial charge in [0.15, 0.2) is 0 Å². The summed E-state index contributed by atoms with van der Waals surface area (Å²) in [6.07, 6.45) is 1.46. The van der Waals surface area contributed by atoms with Crippen LogP contribution in [0.4, 0.5) is 0 Å². The van der Waals surface area contributed by atoms with Crippen LogP contribution < -0.4 is 10.9 Å². The van der Waals surface area contributed by atoms with Gasteiger partial charge in [-0.3, -0.25) is 0 Å². The number of carbonyl (C=O) groups is 1. The quantitative estimate of drug-likeness (QED) is 0.325. The predicted octanol–water partition coefficient (Wildman–Crippen LogP) is 5.07. The molecule has 3 aromatic carbocycles. The number of benzene rings is 3. The van der Waals surface area contributed by atoms with Crippen molar-refractivity contribution in [2.75, 3.05) is 34.7 Å². The molecule has 0 spiro atoms. The van der Waals surface area contributed by atoms with Crippen LogP contribution in [0.1, 0.15) is 60.4 Å². The van der Waals surface area contributed by atoms with E-state index >= 15 is 0 Å². The van der Waals surface area contributed by atoms with Crippen molar-refractivity contribution in [1.82, 2.24) is 9.80 Å². The molecule has 6 nitrogen and oxygen atoms in total. The molecule has 0 heterocycles. The number of hydrogen-bond acceptors (Lipinski definition) is 5. The van der Waals surface area contributed by atoms with Gasteiger partial charge >= 0.3 is 0 Å². The van der Waals surface area contributed by atoms with Gasteiger partial charge in [-0.2, -0.15) is 0 Å². The maximum absolute atomic E-state index is 11.3. The third kappa shape index (κ3) is 9.78. The molecule has 2 atom stereocenters. The molecule has 4 N–H and O–H groups in total. The minimum atomic E-state index is -1.36. The molecule has 0 saturated heterocycles. The lowest BCUT2D eigenvalue weighted by molar-refractivity contribution is -0.107. The molecular formula is C32H46N4O2S. The predicted molar refractivity (Wildman–Crippen MR) is 165 cm³/mol. The molecule has 39 heavy (non-hydrogen) atoms. The molecule has 3 aromatic rings. The molecule has 7 heteroatoms. The van der Waals surface area contributed by atoms with Gasteiger partial charge in [-0.05, 0) is 97.6 Å². The zero-order chi connectivity index (χ0) is 29.1. The van der Waals surface area contributed by atoms with E-state index in [1.54, 1.807) is 12.1 Å². The third-order valence-electron chi connectivity index (χ3n) is 6.58. The summed E-state index contributed by atoms with van der Waals surface area (Å²) in [5.74, 6) is 0.582. The lowest BCUT2D eigenvalue weighted by Gasteiger charge is -2.23. The zero-order valence-corrected chi connectivity index (χ0v) is 25.4. The normalized spacial score (nSPS) is 12.8. The van der Waals surface area contributed by atoms with Gasteiger partial charge in [0.2, 0.25) is 0 Å². The van der Waals surface area contributed by atoms with Crippen molar-refractivity contribution in [3.8, 4) is 11.1 Å². The molecular weight excluding hydrogens is 504 g/mol. The van der Waals surface area contributed by atoms with Gasteiger partial charge in [-0.15, -0.1) is 0 Å². The Balaban J connectivity index is 0.000000344. The second kappa shape index (κ2) is 15.8. The summed E-state index contributed by atoms with van der Waals surface area (Å²) in [6, 6.07) is 20.6. The smallest absolute Gasteiger partial charge is 0.124 e. The third-order valence-corrected chi connectivity index (χ3v) is 7.32. The van der Waals surface area contributed by atoms with Crippen molar-refractivity contribution in [1.29, 1.82) is 0 Å². The average Bonchev–Trinajstić information content (AvgIpc) is 2.88. The van der Waals surface area contributed by atoms with Crippen LogP contribution >= 0.6 is 0 Å². The summed E-state index contributed by atoms with van der Waals surface area (Å²) in [5, 5.41) is 5.23. The first-order chi connectivity index (χ1) is 18.5. The van der Waals surface area contributed by atoms with Gasteiger partial charge < -0.3 is 20.3 Å². The first kappa shape index (κ1) is 32.5. The first-order valence-electron chi connectivity index (χ1n) is 13.4. The van der Waals surface area contributed by atoms with E-state index in [1.807, 2.05) is 26.2 Å². The van der Waals surface area contributed by atoms with Gasteiger partial charge in [-0.25, -0.2) is 9.35 Å². The minimum absolute atomic E-state index is 0.225. The highest BCUT2D eigenvalue weighted by atomic mass is 32.2. The van der Waals surface area contributed by atoms with Crippen molar-refractivity contribution in [3.05, 3.63) is 88.5 Å². The fourth-order valence-electron chi connectivity index (χ4n) is 4.65. The van der Waals surface area contributed by atoms with Crippen LogP contribution in [-0.2, 0) is 35.3 Å². The van der Waals surface area contributed by atoms with Crippen LogP contribution in [0.2, 0.25) is 0 Å². The molecule has 0 saturated carbocycles. The summed E-state index contributed by atoms with van der Waals surface area (Å²) in [5.41, 5.74) is 14.6. The highest BCUT2D eigenvalue weighted by Gasteiger charge is 2.18. The molecule has 0 radical (unpaired) electrons. The van der Waals surface area contributed by atoms with Crippen LogP contribution in [0.25, 0.3) is 11.1 Å². The summed E-state index contributed by atoms with van der Waals surface area (Å²) >= 11 is 0. The van der Waals surface area contributed by atoms with Crippen molar-refractivity contribution in [3.63, 3.8) is 0 Å². The van der Waals surface area contributed by atoms with Crippen molar-refractivity contribution >= 4 is 17.3 Å². The van der Waals surface area contributed by atoms with Gasteiger partial charge in [-0.1, -0.05) is 69.3 Å². The molecule has 3 rings (SSSR count). The largest absolute Gasteiger partial charge is 0.330 e. The summed E-state index contributed by atoms with van der Waals surface area (Å²) in [4.78, 5) is 16.2. The number of hydrogen-bond donors (Lipinski definition) is 2. The molecule has 0 amide bonds. The molecule has 0 aliphatic carbocycles. The van der Waals surface area contributed by atoms with Gasteiger partial charge in [0, 0.05) is 19.5 Å². The van der Waals surface area contributed by atoms with Gasteiger partial charge in [0.05, 0.1) is 4.90 Å². The Labute approximate surface area is 238 Å². The highest BCUT2D eigenvalue weighted by Crippen LogP contribution is 2.35. The highest BCUT2D eigenvalue weighted by molar-refractivity contribution is 7.82. The van der Waals surface area contributed by atoms with Gasteiger partial charge in [0.25, 0.3) is 0 Å². The lowest BCUT2D eigenvalue weighted by Crippen LogP contribution is -2.14. The lowest BCUT2D eigenvalue weighted by atomic mass is 9.83. The van der Waals surface area contributed by atoms with E-state index in [0.29, 0.717) is 23.8 Å². The molecule has 0 bridgehead atoms. The second-order valence-electron chi connectivity index (χ2n) is 10.9. The zero-order valence-electron chi connectivity index (χ0n) is 24.6. The van der Waals surface area contributed by atoms with E-state index in [-0.39, 0.29) is 5.92 Å². The summed E-state index contributed by atoms with van der Waals surface area (Å²) < 4.78 is 10.9. The summed E-state index contributed by atoms with van der Waals surface area (Å²) in [6.45, 7) is 8.88. The Morgan fingerprint density at radius 2 is 1.46 bits per heavy atom. The molecule has 2 unspecified atom stereocenters. The van der Waals surface area contributed by atoms with E-state index in [0.717, 1.165) is 24.9 Å². The Hall–Kier alpha value is -2.68. The first-order valence-corrected chi connectivity index (χ1v) is 14.6. The average molecular weight is 551 g/mol. The SMILES string of the molecule is CC(C)c1cc(-c2ccccc2CN(C)C)cc(C(C)CN)c1CC=O.CN(C)Cc1ccc(S(N)=O)cc1. The molecule has 212 valence electrons. The number of nitrogens with two attached hydrogens (primary N) is 2. The number of aldehydes is 1. The Morgan fingerprint density at radius 3 is 1.97 bits per heavy atom. The van der Waals surface area contributed by atoms with E-state index in [4.69, 9.17) is 10.9 Å². The van der Waals surface area contributed by atoms with Crippen LogP contribution in [0.15, 0.2) is 65.6 Å². The fraction of sp³-hybridized carbons (Fsp3) is 0.406. The van der Waals surface area contributed by atoms with Crippen LogP contribution in [0.3, 0.4) is 0 Å². The topological polar surface area (TPSA) is 92.7 Å². The Bertz CT molecular complexity index is 1220. The van der Waals surface area contributed by atoms with Crippen LogP contribution in [0, 0.1) is 0 Å². The molecule has 0 fully saturated rings. The number of nitrogens with zero attached hydrogens (tertiary/aromatic N) is 2. The van der Waals surface area contributed by atoms with E-state index in [2.05, 4.69) is 81.1 Å². The second-order valence-corrected chi connectivity index (χ2v) is 11.9. The van der Waals surface area contributed by atoms with E-state index in [9.17, 15) is 9.00 Å². The minimum Gasteiger partial charge on any atom is -0.330 e. The number of carbonyl (C=O) groups excluding carboxylic acids is 1. The van der Waals surface area contributed by atoms with E-state index in [1.165, 1.54) is 33.4 Å².